The van der Waals surface area contributed by atoms with Gasteiger partial charge in [0.05, 0.1) is 25.7 Å². The van der Waals surface area contributed by atoms with Gasteiger partial charge < -0.3 is 19.5 Å². The number of ketones is 1. The van der Waals surface area contributed by atoms with Gasteiger partial charge in [0, 0.05) is 34.7 Å². The largest absolute Gasteiger partial charge is 0.497 e. The average molecular weight is 460 g/mol. The third kappa shape index (κ3) is 4.98. The topological polar surface area (TPSA) is 73.9 Å². The lowest BCUT2D eigenvalue weighted by Crippen LogP contribution is -2.38. The first-order valence-electron chi connectivity index (χ1n) is 10.9. The molecule has 0 bridgehead atoms. The van der Waals surface area contributed by atoms with Gasteiger partial charge in [0.2, 0.25) is 0 Å². The van der Waals surface area contributed by atoms with Gasteiger partial charge in [0.25, 0.3) is 0 Å². The number of dihydropyridines is 1. The highest BCUT2D eigenvalue weighted by atomic mass is 32.2. The Kier molecular flexibility index (Phi) is 7.59. The molecule has 3 rings (SSSR count). The summed E-state index contributed by atoms with van der Waals surface area (Å²) in [6.45, 7) is 8.44. The Morgan fingerprint density at radius 3 is 2.62 bits per heavy atom. The molecule has 1 aromatic rings. The van der Waals surface area contributed by atoms with Crippen LogP contribution >= 0.6 is 11.8 Å². The number of thioether (sulfide) groups is 1. The van der Waals surface area contributed by atoms with Gasteiger partial charge in [0.15, 0.2) is 5.78 Å². The van der Waals surface area contributed by atoms with E-state index in [-0.39, 0.29) is 11.2 Å². The molecule has 1 aromatic carbocycles. The molecule has 0 saturated carbocycles. The molecule has 0 spiro atoms. The average Bonchev–Trinajstić information content (AvgIpc) is 2.74. The van der Waals surface area contributed by atoms with Crippen molar-refractivity contribution < 1.29 is 23.8 Å². The Balaban J connectivity index is 2.13. The first kappa shape index (κ1) is 24.2. The highest BCUT2D eigenvalue weighted by Crippen LogP contribution is 2.49. The van der Waals surface area contributed by atoms with Gasteiger partial charge in [-0.3, -0.25) is 4.79 Å². The molecule has 0 radical (unpaired) electrons. The van der Waals surface area contributed by atoms with Crippen LogP contribution in [-0.4, -0.2) is 44.1 Å². The SMILES string of the molecule is CCSCCOC(=O)C1=C(C)NC2=C(C(=O)CC(C)(C)C2)[C@H]1c1cc(OC)ccc1OC. The fourth-order valence-corrected chi connectivity index (χ4v) is 4.99. The van der Waals surface area contributed by atoms with Crippen molar-refractivity contribution in [3.63, 3.8) is 0 Å². The van der Waals surface area contributed by atoms with Crippen LogP contribution in [0.2, 0.25) is 0 Å². The number of ether oxygens (including phenoxy) is 3. The van der Waals surface area contributed by atoms with Crippen molar-refractivity contribution in [1.29, 1.82) is 0 Å². The van der Waals surface area contributed by atoms with E-state index in [1.807, 2.05) is 19.1 Å². The third-order valence-corrected chi connectivity index (χ3v) is 6.74. The summed E-state index contributed by atoms with van der Waals surface area (Å²) in [5.41, 5.74) is 3.22. The summed E-state index contributed by atoms with van der Waals surface area (Å²) < 4.78 is 16.7. The lowest BCUT2D eigenvalue weighted by Gasteiger charge is -2.39. The van der Waals surface area contributed by atoms with Crippen LogP contribution in [0, 0.1) is 5.41 Å². The second kappa shape index (κ2) is 10.0. The van der Waals surface area contributed by atoms with Crippen molar-refractivity contribution in [3.05, 3.63) is 46.3 Å². The minimum Gasteiger partial charge on any atom is -0.497 e. The fraction of sp³-hybridized carbons (Fsp3) is 0.520. The van der Waals surface area contributed by atoms with Crippen molar-refractivity contribution in [2.75, 3.05) is 32.3 Å². The van der Waals surface area contributed by atoms with E-state index in [9.17, 15) is 9.59 Å². The highest BCUT2D eigenvalue weighted by Gasteiger charge is 2.44. The standard InChI is InChI=1S/C25H33NO5S/c1-7-32-11-10-31-24(28)21-15(2)26-18-13-25(3,4)14-19(27)23(18)22(21)17-12-16(29-5)8-9-20(17)30-6/h8-9,12,22,26H,7,10-11,13-14H2,1-6H3/t22-/m0/s1. The van der Waals surface area contributed by atoms with Gasteiger partial charge >= 0.3 is 5.97 Å². The predicted octanol–water partition coefficient (Wildman–Crippen LogP) is 4.60. The van der Waals surface area contributed by atoms with Crippen LogP contribution in [0.15, 0.2) is 40.7 Å². The number of carbonyl (C=O) groups is 2. The zero-order valence-corrected chi connectivity index (χ0v) is 20.6. The lowest BCUT2D eigenvalue weighted by molar-refractivity contribution is -0.138. The summed E-state index contributed by atoms with van der Waals surface area (Å²) >= 11 is 1.72. The molecule has 32 heavy (non-hydrogen) atoms. The van der Waals surface area contributed by atoms with Gasteiger partial charge in [0.1, 0.15) is 18.1 Å². The first-order valence-corrected chi connectivity index (χ1v) is 12.1. The molecule has 0 saturated heterocycles. The van der Waals surface area contributed by atoms with Crippen LogP contribution in [0.25, 0.3) is 0 Å². The zero-order chi connectivity index (χ0) is 23.5. The summed E-state index contributed by atoms with van der Waals surface area (Å²) in [4.78, 5) is 26.7. The van der Waals surface area contributed by atoms with Crippen LogP contribution in [0.1, 0.15) is 52.0 Å². The number of benzene rings is 1. The number of allylic oxidation sites excluding steroid dienone is 3. The van der Waals surface area contributed by atoms with Gasteiger partial charge in [-0.25, -0.2) is 4.79 Å². The summed E-state index contributed by atoms with van der Waals surface area (Å²) in [5, 5.41) is 3.36. The molecule has 1 aliphatic heterocycles. The molecule has 174 valence electrons. The summed E-state index contributed by atoms with van der Waals surface area (Å²) in [6, 6.07) is 5.46. The first-order chi connectivity index (χ1) is 15.2. The molecule has 1 heterocycles. The maximum Gasteiger partial charge on any atom is 0.336 e. The molecule has 0 unspecified atom stereocenters. The van der Waals surface area contributed by atoms with Crippen molar-refractivity contribution in [2.45, 2.75) is 46.5 Å². The van der Waals surface area contributed by atoms with Crippen molar-refractivity contribution in [3.8, 4) is 11.5 Å². The molecule has 0 aromatic heterocycles. The van der Waals surface area contributed by atoms with E-state index in [1.54, 1.807) is 32.0 Å². The van der Waals surface area contributed by atoms with Gasteiger partial charge in [-0.2, -0.15) is 11.8 Å². The van der Waals surface area contributed by atoms with Crippen molar-refractivity contribution in [1.82, 2.24) is 5.32 Å². The van der Waals surface area contributed by atoms with Gasteiger partial charge in [-0.1, -0.05) is 20.8 Å². The smallest absolute Gasteiger partial charge is 0.336 e. The normalized spacial score (nSPS) is 19.9. The highest BCUT2D eigenvalue weighted by molar-refractivity contribution is 7.99. The van der Waals surface area contributed by atoms with Gasteiger partial charge in [-0.15, -0.1) is 0 Å². The van der Waals surface area contributed by atoms with E-state index < -0.39 is 11.9 Å². The van der Waals surface area contributed by atoms with E-state index in [4.69, 9.17) is 14.2 Å². The Morgan fingerprint density at radius 1 is 1.22 bits per heavy atom. The number of methoxy groups -OCH3 is 2. The van der Waals surface area contributed by atoms with E-state index >= 15 is 0 Å². The minimum atomic E-state index is -0.578. The molecule has 1 atom stereocenters. The Bertz CT molecular complexity index is 963. The number of esters is 1. The molecule has 0 amide bonds. The molecule has 2 aliphatic rings. The number of hydrogen-bond donors (Lipinski definition) is 1. The molecule has 0 fully saturated rings. The second-order valence-corrected chi connectivity index (χ2v) is 10.3. The quantitative estimate of drug-likeness (QED) is 0.450. The third-order valence-electron chi connectivity index (χ3n) is 5.87. The van der Waals surface area contributed by atoms with Crippen LogP contribution in [0.3, 0.4) is 0 Å². The molecule has 7 heteroatoms. The second-order valence-electron chi connectivity index (χ2n) is 8.87. The van der Waals surface area contributed by atoms with E-state index in [1.165, 1.54) is 0 Å². The maximum absolute atomic E-state index is 13.4. The zero-order valence-electron chi connectivity index (χ0n) is 19.8. The summed E-state index contributed by atoms with van der Waals surface area (Å²) in [6.07, 6.45) is 1.15. The lowest BCUT2D eigenvalue weighted by atomic mass is 9.68. The van der Waals surface area contributed by atoms with Gasteiger partial charge in [-0.05, 0) is 42.7 Å². The Labute approximate surface area is 194 Å². The summed E-state index contributed by atoms with van der Waals surface area (Å²) in [7, 11) is 3.18. The van der Waals surface area contributed by atoms with Crippen molar-refractivity contribution in [2.24, 2.45) is 5.41 Å². The molecular formula is C25H33NO5S. The van der Waals surface area contributed by atoms with Crippen LogP contribution in [-0.2, 0) is 14.3 Å². The molecule has 1 aliphatic carbocycles. The minimum absolute atomic E-state index is 0.0398. The van der Waals surface area contributed by atoms with E-state index in [0.29, 0.717) is 41.4 Å². The van der Waals surface area contributed by atoms with Crippen LogP contribution < -0.4 is 14.8 Å². The molecular weight excluding hydrogens is 426 g/mol. The number of carbonyl (C=O) groups excluding carboxylic acids is 2. The van der Waals surface area contributed by atoms with Crippen LogP contribution in [0.5, 0.6) is 11.5 Å². The number of rotatable bonds is 8. The van der Waals surface area contributed by atoms with Crippen molar-refractivity contribution >= 4 is 23.5 Å². The van der Waals surface area contributed by atoms with E-state index in [0.717, 1.165) is 29.2 Å². The Hall–Kier alpha value is -2.41. The summed E-state index contributed by atoms with van der Waals surface area (Å²) in [5.74, 6) is 1.98. The maximum atomic E-state index is 13.4. The molecule has 6 nitrogen and oxygen atoms in total. The Morgan fingerprint density at radius 2 is 1.97 bits per heavy atom. The number of hydrogen-bond acceptors (Lipinski definition) is 7. The fourth-order valence-electron chi connectivity index (χ4n) is 4.50. The monoisotopic (exact) mass is 459 g/mol. The number of nitrogens with one attached hydrogen (secondary N) is 1. The predicted molar refractivity (Wildman–Crippen MR) is 127 cm³/mol. The molecule has 1 N–H and O–H groups in total. The number of Topliss-reactive ketones (excluding diaryl/α,β-unsaturated/α-hetero) is 1. The van der Waals surface area contributed by atoms with Crippen LogP contribution in [0.4, 0.5) is 0 Å². The van der Waals surface area contributed by atoms with E-state index in [2.05, 4.69) is 26.1 Å².